The first-order valence-electron chi connectivity index (χ1n) is 8.76. The third kappa shape index (κ3) is 5.08. The van der Waals surface area contributed by atoms with Crippen LogP contribution in [0, 0.1) is 13.8 Å². The molecule has 22 heavy (non-hydrogen) atoms. The molecule has 2 atom stereocenters. The fourth-order valence-electron chi connectivity index (χ4n) is 3.53. The summed E-state index contributed by atoms with van der Waals surface area (Å²) in [5, 5.41) is 13.0. The molecule has 0 aliphatic carbocycles. The van der Waals surface area contributed by atoms with Crippen LogP contribution in [0.4, 0.5) is 0 Å². The van der Waals surface area contributed by atoms with Crippen molar-refractivity contribution >= 4 is 0 Å². The van der Waals surface area contributed by atoms with Crippen LogP contribution in [0.1, 0.15) is 55.3 Å². The second-order valence-corrected chi connectivity index (χ2v) is 6.82. The van der Waals surface area contributed by atoms with Crippen LogP contribution in [0.5, 0.6) is 0 Å². The minimum absolute atomic E-state index is 0.321. The van der Waals surface area contributed by atoms with E-state index in [0.717, 1.165) is 19.6 Å². The van der Waals surface area contributed by atoms with Crippen LogP contribution in [-0.2, 0) is 0 Å². The SMILES string of the molecule is Cc1cc(C)cc(C(C)NCCCCN2CCCC2CO)c1. The molecule has 1 saturated heterocycles. The van der Waals surface area contributed by atoms with Crippen molar-refractivity contribution in [2.45, 2.75) is 58.5 Å². The van der Waals surface area contributed by atoms with Gasteiger partial charge in [-0.1, -0.05) is 29.3 Å². The maximum Gasteiger partial charge on any atom is 0.0586 e. The van der Waals surface area contributed by atoms with E-state index in [-0.39, 0.29) is 0 Å². The zero-order chi connectivity index (χ0) is 15.9. The number of nitrogens with zero attached hydrogens (tertiary/aromatic N) is 1. The molecule has 1 aliphatic heterocycles. The van der Waals surface area contributed by atoms with E-state index in [1.807, 2.05) is 0 Å². The van der Waals surface area contributed by atoms with E-state index >= 15 is 0 Å². The molecule has 1 aromatic carbocycles. The Labute approximate surface area is 135 Å². The number of nitrogens with one attached hydrogen (secondary N) is 1. The molecule has 0 amide bonds. The van der Waals surface area contributed by atoms with Crippen LogP contribution >= 0.6 is 0 Å². The normalized spacial score (nSPS) is 20.5. The lowest BCUT2D eigenvalue weighted by atomic mass is 10.0. The topological polar surface area (TPSA) is 35.5 Å². The first kappa shape index (κ1) is 17.5. The van der Waals surface area contributed by atoms with Crippen molar-refractivity contribution in [2.75, 3.05) is 26.2 Å². The number of benzene rings is 1. The zero-order valence-electron chi connectivity index (χ0n) is 14.4. The van der Waals surface area contributed by atoms with Gasteiger partial charge in [-0.2, -0.15) is 0 Å². The van der Waals surface area contributed by atoms with Crippen molar-refractivity contribution in [2.24, 2.45) is 0 Å². The van der Waals surface area contributed by atoms with Gasteiger partial charge in [-0.3, -0.25) is 4.90 Å². The Kier molecular flexibility index (Phi) is 6.87. The summed E-state index contributed by atoms with van der Waals surface area (Å²) in [6, 6.07) is 7.61. The van der Waals surface area contributed by atoms with Gasteiger partial charge in [0, 0.05) is 12.1 Å². The van der Waals surface area contributed by atoms with E-state index in [2.05, 4.69) is 49.2 Å². The zero-order valence-corrected chi connectivity index (χ0v) is 14.4. The van der Waals surface area contributed by atoms with Crippen molar-refractivity contribution in [1.82, 2.24) is 10.2 Å². The summed E-state index contributed by atoms with van der Waals surface area (Å²) >= 11 is 0. The first-order chi connectivity index (χ1) is 10.6. The molecule has 2 N–H and O–H groups in total. The molecule has 1 heterocycles. The molecule has 2 unspecified atom stereocenters. The number of hydrogen-bond acceptors (Lipinski definition) is 3. The fourth-order valence-corrected chi connectivity index (χ4v) is 3.53. The average Bonchev–Trinajstić information content (AvgIpc) is 2.93. The molecule has 0 spiro atoms. The molecule has 1 aromatic rings. The molecule has 1 fully saturated rings. The van der Waals surface area contributed by atoms with Crippen LogP contribution in [0.15, 0.2) is 18.2 Å². The number of aliphatic hydroxyl groups excluding tert-OH is 1. The summed E-state index contributed by atoms with van der Waals surface area (Å²) in [6.45, 7) is 10.3. The predicted octanol–water partition coefficient (Wildman–Crippen LogP) is 3.19. The van der Waals surface area contributed by atoms with E-state index in [1.165, 1.54) is 42.4 Å². The summed E-state index contributed by atoms with van der Waals surface area (Å²) in [5.74, 6) is 0. The standard InChI is InChI=1S/C19H32N2O/c1-15-11-16(2)13-18(12-15)17(3)20-8-4-5-9-21-10-6-7-19(21)14-22/h11-13,17,19-20,22H,4-10,14H2,1-3H3. The van der Waals surface area contributed by atoms with E-state index in [1.54, 1.807) is 0 Å². The number of rotatable bonds is 8. The number of hydrogen-bond donors (Lipinski definition) is 2. The summed E-state index contributed by atoms with van der Waals surface area (Å²) in [5.41, 5.74) is 4.07. The van der Waals surface area contributed by atoms with Crippen LogP contribution in [0.2, 0.25) is 0 Å². The summed E-state index contributed by atoms with van der Waals surface area (Å²) < 4.78 is 0. The molecular formula is C19H32N2O. The predicted molar refractivity (Wildman–Crippen MR) is 93.2 cm³/mol. The molecule has 3 heteroatoms. The molecule has 0 bridgehead atoms. The summed E-state index contributed by atoms with van der Waals surface area (Å²) in [4.78, 5) is 2.45. The van der Waals surface area contributed by atoms with Crippen molar-refractivity contribution in [3.05, 3.63) is 34.9 Å². The van der Waals surface area contributed by atoms with E-state index in [4.69, 9.17) is 0 Å². The first-order valence-corrected chi connectivity index (χ1v) is 8.76. The van der Waals surface area contributed by atoms with Crippen LogP contribution in [-0.4, -0.2) is 42.3 Å². The Bertz CT molecular complexity index is 440. The highest BCUT2D eigenvalue weighted by Gasteiger charge is 2.22. The lowest BCUT2D eigenvalue weighted by Gasteiger charge is -2.22. The Morgan fingerprint density at radius 1 is 1.23 bits per heavy atom. The number of unbranched alkanes of at least 4 members (excludes halogenated alkanes) is 1. The van der Waals surface area contributed by atoms with Crippen molar-refractivity contribution in [3.8, 4) is 0 Å². The molecule has 0 aromatic heterocycles. The largest absolute Gasteiger partial charge is 0.395 e. The highest BCUT2D eigenvalue weighted by Crippen LogP contribution is 2.18. The minimum Gasteiger partial charge on any atom is -0.395 e. The third-order valence-electron chi connectivity index (χ3n) is 4.78. The van der Waals surface area contributed by atoms with Crippen LogP contribution in [0.25, 0.3) is 0 Å². The maximum atomic E-state index is 9.33. The van der Waals surface area contributed by atoms with E-state index in [9.17, 15) is 5.11 Å². The molecule has 1 aliphatic rings. The Hall–Kier alpha value is -0.900. The van der Waals surface area contributed by atoms with Gasteiger partial charge >= 0.3 is 0 Å². The third-order valence-corrected chi connectivity index (χ3v) is 4.78. The van der Waals surface area contributed by atoms with Crippen molar-refractivity contribution in [1.29, 1.82) is 0 Å². The highest BCUT2D eigenvalue weighted by atomic mass is 16.3. The van der Waals surface area contributed by atoms with Gasteiger partial charge < -0.3 is 10.4 Å². The highest BCUT2D eigenvalue weighted by molar-refractivity contribution is 5.30. The fraction of sp³-hybridized carbons (Fsp3) is 0.684. The van der Waals surface area contributed by atoms with Gasteiger partial charge in [0.15, 0.2) is 0 Å². The quantitative estimate of drug-likeness (QED) is 0.724. The van der Waals surface area contributed by atoms with E-state index in [0.29, 0.717) is 18.7 Å². The van der Waals surface area contributed by atoms with Gasteiger partial charge in [-0.25, -0.2) is 0 Å². The van der Waals surface area contributed by atoms with Gasteiger partial charge in [-0.05, 0) is 71.7 Å². The minimum atomic E-state index is 0.321. The lowest BCUT2D eigenvalue weighted by molar-refractivity contribution is 0.157. The van der Waals surface area contributed by atoms with Gasteiger partial charge in [0.05, 0.1) is 6.61 Å². The van der Waals surface area contributed by atoms with Crippen LogP contribution < -0.4 is 5.32 Å². The monoisotopic (exact) mass is 304 g/mol. The molecule has 2 rings (SSSR count). The van der Waals surface area contributed by atoms with E-state index < -0.39 is 0 Å². The molecule has 3 nitrogen and oxygen atoms in total. The molecular weight excluding hydrogens is 272 g/mol. The molecule has 0 saturated carbocycles. The second-order valence-electron chi connectivity index (χ2n) is 6.82. The maximum absolute atomic E-state index is 9.33. The van der Waals surface area contributed by atoms with Crippen molar-refractivity contribution < 1.29 is 5.11 Å². The molecule has 124 valence electrons. The number of likely N-dealkylation sites (tertiary alicyclic amines) is 1. The Morgan fingerprint density at radius 3 is 2.64 bits per heavy atom. The Balaban J connectivity index is 1.66. The average molecular weight is 304 g/mol. The summed E-state index contributed by atoms with van der Waals surface area (Å²) in [6.07, 6.45) is 4.82. The second kappa shape index (κ2) is 8.66. The van der Waals surface area contributed by atoms with Gasteiger partial charge in [0.1, 0.15) is 0 Å². The number of aryl methyl sites for hydroxylation is 2. The lowest BCUT2D eigenvalue weighted by Crippen LogP contribution is -2.33. The van der Waals surface area contributed by atoms with Crippen LogP contribution in [0.3, 0.4) is 0 Å². The van der Waals surface area contributed by atoms with Gasteiger partial charge in [0.2, 0.25) is 0 Å². The number of aliphatic hydroxyl groups is 1. The molecule has 0 radical (unpaired) electrons. The smallest absolute Gasteiger partial charge is 0.0586 e. The van der Waals surface area contributed by atoms with Gasteiger partial charge in [0.25, 0.3) is 0 Å². The Morgan fingerprint density at radius 2 is 1.95 bits per heavy atom. The van der Waals surface area contributed by atoms with Crippen molar-refractivity contribution in [3.63, 3.8) is 0 Å². The van der Waals surface area contributed by atoms with Gasteiger partial charge in [-0.15, -0.1) is 0 Å². The summed E-state index contributed by atoms with van der Waals surface area (Å²) in [7, 11) is 0.